The van der Waals surface area contributed by atoms with Crippen LogP contribution < -0.4 is 5.69 Å². The largest absolute Gasteiger partial charge is 0.368 e. The first-order valence-corrected chi connectivity index (χ1v) is 11.6. The Morgan fingerprint density at radius 1 is 1.14 bits per heavy atom. The molecule has 1 heterocycles. The van der Waals surface area contributed by atoms with E-state index in [1.165, 1.54) is 14.9 Å². The predicted molar refractivity (Wildman–Crippen MR) is 123 cm³/mol. The molecular formula is C21H25N5OS2. The van der Waals surface area contributed by atoms with Crippen LogP contribution in [0.2, 0.25) is 0 Å². The number of aromatic nitrogens is 4. The smallest absolute Gasteiger partial charge is 0.271 e. The van der Waals surface area contributed by atoms with Gasteiger partial charge in [0.25, 0.3) is 0 Å². The van der Waals surface area contributed by atoms with Crippen LogP contribution in [0.4, 0.5) is 0 Å². The summed E-state index contributed by atoms with van der Waals surface area (Å²) in [6.45, 7) is 4.99. The van der Waals surface area contributed by atoms with E-state index < -0.39 is 0 Å². The van der Waals surface area contributed by atoms with Crippen LogP contribution in [-0.4, -0.2) is 37.0 Å². The quantitative estimate of drug-likeness (QED) is 0.439. The molecule has 1 aromatic heterocycles. The SMILES string of the molecule is CSC(=NCC(C)c1ccccc1)SCc1c(C)cccc1-n1nnn(C)c1=O. The predicted octanol–water partition coefficient (Wildman–Crippen LogP) is 4.03. The van der Waals surface area contributed by atoms with Crippen LogP contribution in [0.1, 0.15) is 29.5 Å². The van der Waals surface area contributed by atoms with Crippen LogP contribution in [0.3, 0.4) is 0 Å². The molecule has 0 bridgehead atoms. The van der Waals surface area contributed by atoms with Crippen molar-refractivity contribution in [3.63, 3.8) is 0 Å². The highest BCUT2D eigenvalue weighted by Gasteiger charge is 2.14. The van der Waals surface area contributed by atoms with Crippen molar-refractivity contribution >= 4 is 27.9 Å². The Morgan fingerprint density at radius 3 is 2.55 bits per heavy atom. The van der Waals surface area contributed by atoms with Gasteiger partial charge in [0, 0.05) is 25.3 Å². The van der Waals surface area contributed by atoms with Gasteiger partial charge in [0.1, 0.15) is 4.38 Å². The zero-order chi connectivity index (χ0) is 20.8. The summed E-state index contributed by atoms with van der Waals surface area (Å²) in [5.41, 5.74) is 4.00. The molecule has 152 valence electrons. The number of aryl methyl sites for hydroxylation is 2. The van der Waals surface area contributed by atoms with Crippen LogP contribution in [0, 0.1) is 6.92 Å². The number of tetrazole rings is 1. The topological polar surface area (TPSA) is 65.1 Å². The number of nitrogens with zero attached hydrogens (tertiary/aromatic N) is 5. The van der Waals surface area contributed by atoms with Crippen molar-refractivity contribution in [1.29, 1.82) is 0 Å². The summed E-state index contributed by atoms with van der Waals surface area (Å²) in [7, 11) is 1.60. The van der Waals surface area contributed by atoms with Crippen molar-refractivity contribution < 1.29 is 0 Å². The molecule has 0 saturated heterocycles. The molecule has 0 saturated carbocycles. The molecule has 0 fully saturated rings. The molecule has 1 atom stereocenters. The third-order valence-electron chi connectivity index (χ3n) is 4.71. The van der Waals surface area contributed by atoms with Crippen LogP contribution in [0.25, 0.3) is 5.69 Å². The van der Waals surface area contributed by atoms with Gasteiger partial charge in [0.15, 0.2) is 0 Å². The standard InChI is InChI=1S/C21H25N5OS2/c1-15-9-8-12-19(26-21(27)25(3)23-24-26)18(15)14-29-20(28-4)22-13-16(2)17-10-6-5-7-11-17/h5-12,16H,13-14H2,1-4H3. The lowest BCUT2D eigenvalue weighted by Gasteiger charge is -2.13. The average Bonchev–Trinajstić information content (AvgIpc) is 3.07. The molecule has 1 unspecified atom stereocenters. The van der Waals surface area contributed by atoms with E-state index in [0.29, 0.717) is 11.7 Å². The molecule has 0 spiro atoms. The molecule has 0 N–H and O–H groups in total. The summed E-state index contributed by atoms with van der Waals surface area (Å²) in [5.74, 6) is 1.08. The highest BCUT2D eigenvalue weighted by Crippen LogP contribution is 2.26. The van der Waals surface area contributed by atoms with Crippen molar-refractivity contribution in [3.05, 3.63) is 75.7 Å². The van der Waals surface area contributed by atoms with Crippen molar-refractivity contribution in [2.45, 2.75) is 25.5 Å². The third kappa shape index (κ3) is 5.19. The second-order valence-corrected chi connectivity index (χ2v) is 8.80. The Morgan fingerprint density at radius 2 is 1.90 bits per heavy atom. The van der Waals surface area contributed by atoms with Crippen molar-refractivity contribution in [2.24, 2.45) is 12.0 Å². The summed E-state index contributed by atoms with van der Waals surface area (Å²) in [5, 5.41) is 7.83. The van der Waals surface area contributed by atoms with Crippen LogP contribution >= 0.6 is 23.5 Å². The van der Waals surface area contributed by atoms with E-state index in [2.05, 4.69) is 41.6 Å². The zero-order valence-electron chi connectivity index (χ0n) is 17.1. The minimum absolute atomic E-state index is 0.253. The molecule has 29 heavy (non-hydrogen) atoms. The zero-order valence-corrected chi connectivity index (χ0v) is 18.7. The monoisotopic (exact) mass is 427 g/mol. The summed E-state index contributed by atoms with van der Waals surface area (Å²) in [4.78, 5) is 17.1. The van der Waals surface area contributed by atoms with E-state index in [-0.39, 0.29) is 5.69 Å². The van der Waals surface area contributed by atoms with E-state index in [1.54, 1.807) is 30.6 Å². The normalized spacial score (nSPS) is 12.9. The van der Waals surface area contributed by atoms with E-state index in [0.717, 1.165) is 27.7 Å². The Bertz CT molecular complexity index is 1040. The molecular weight excluding hydrogens is 402 g/mol. The van der Waals surface area contributed by atoms with Gasteiger partial charge in [-0.2, -0.15) is 9.36 Å². The highest BCUT2D eigenvalue weighted by atomic mass is 32.2. The van der Waals surface area contributed by atoms with Crippen molar-refractivity contribution in [2.75, 3.05) is 12.8 Å². The van der Waals surface area contributed by atoms with E-state index >= 15 is 0 Å². The minimum atomic E-state index is -0.253. The fraction of sp³-hybridized carbons (Fsp3) is 0.333. The van der Waals surface area contributed by atoms with E-state index in [1.807, 2.05) is 37.4 Å². The van der Waals surface area contributed by atoms with Gasteiger partial charge in [-0.25, -0.2) is 4.79 Å². The molecule has 0 aliphatic carbocycles. The molecule has 6 nitrogen and oxygen atoms in total. The average molecular weight is 428 g/mol. The lowest BCUT2D eigenvalue weighted by Crippen LogP contribution is -2.23. The molecule has 2 aromatic carbocycles. The summed E-state index contributed by atoms with van der Waals surface area (Å²) in [6, 6.07) is 16.3. The van der Waals surface area contributed by atoms with Crippen molar-refractivity contribution in [3.8, 4) is 5.69 Å². The highest BCUT2D eigenvalue weighted by molar-refractivity contribution is 8.38. The molecule has 0 amide bonds. The van der Waals surface area contributed by atoms with Gasteiger partial charge in [-0.3, -0.25) is 4.99 Å². The Hall–Kier alpha value is -2.32. The van der Waals surface area contributed by atoms with E-state index in [9.17, 15) is 4.79 Å². The number of hydrogen-bond donors (Lipinski definition) is 0. The number of thioether (sulfide) groups is 2. The number of hydrogen-bond acceptors (Lipinski definition) is 6. The Kier molecular flexibility index (Phi) is 7.33. The van der Waals surface area contributed by atoms with Crippen molar-refractivity contribution in [1.82, 2.24) is 19.8 Å². The van der Waals surface area contributed by atoms with Crippen LogP contribution in [0.5, 0.6) is 0 Å². The maximum absolute atomic E-state index is 12.3. The number of rotatable bonds is 6. The second kappa shape index (κ2) is 9.93. The lowest BCUT2D eigenvalue weighted by atomic mass is 10.0. The second-order valence-electron chi connectivity index (χ2n) is 6.78. The van der Waals surface area contributed by atoms with Crippen LogP contribution in [-0.2, 0) is 12.8 Å². The molecule has 3 rings (SSSR count). The van der Waals surface area contributed by atoms with Gasteiger partial charge in [-0.05, 0) is 46.4 Å². The maximum Gasteiger partial charge on any atom is 0.368 e. The number of benzene rings is 2. The molecule has 0 aliphatic rings. The molecule has 8 heteroatoms. The first-order chi connectivity index (χ1) is 14.0. The van der Waals surface area contributed by atoms with Gasteiger partial charge < -0.3 is 0 Å². The Balaban J connectivity index is 1.76. The molecule has 0 radical (unpaired) electrons. The minimum Gasteiger partial charge on any atom is -0.271 e. The van der Waals surface area contributed by atoms with Gasteiger partial charge in [-0.1, -0.05) is 61.2 Å². The lowest BCUT2D eigenvalue weighted by molar-refractivity contribution is 0.692. The fourth-order valence-corrected chi connectivity index (χ4v) is 4.60. The summed E-state index contributed by atoms with van der Waals surface area (Å²) in [6.07, 6.45) is 2.05. The molecule has 3 aromatic rings. The van der Waals surface area contributed by atoms with Crippen LogP contribution in [0.15, 0.2) is 58.3 Å². The number of aliphatic imine (C=N–C) groups is 1. The first kappa shape index (κ1) is 21.4. The van der Waals surface area contributed by atoms with Gasteiger partial charge in [0.2, 0.25) is 0 Å². The third-order valence-corrected chi connectivity index (χ3v) is 6.85. The summed E-state index contributed by atoms with van der Waals surface area (Å²) >= 11 is 3.34. The Labute approximate surface area is 179 Å². The van der Waals surface area contributed by atoms with Gasteiger partial charge in [0.05, 0.1) is 5.69 Å². The fourth-order valence-electron chi connectivity index (χ4n) is 2.94. The maximum atomic E-state index is 12.3. The summed E-state index contributed by atoms with van der Waals surface area (Å²) < 4.78 is 3.63. The molecule has 0 aliphatic heterocycles. The van der Waals surface area contributed by atoms with Gasteiger partial charge in [-0.15, -0.1) is 11.8 Å². The van der Waals surface area contributed by atoms with Gasteiger partial charge >= 0.3 is 5.69 Å². The van der Waals surface area contributed by atoms with E-state index in [4.69, 9.17) is 4.99 Å². The first-order valence-electron chi connectivity index (χ1n) is 9.35.